The van der Waals surface area contributed by atoms with E-state index in [1.54, 1.807) is 6.33 Å². The van der Waals surface area contributed by atoms with Gasteiger partial charge in [-0.2, -0.15) is 5.10 Å². The molecule has 1 aliphatic carbocycles. The first-order valence-corrected chi connectivity index (χ1v) is 7.30. The van der Waals surface area contributed by atoms with Gasteiger partial charge in [0.05, 0.1) is 0 Å². The number of likely N-dealkylation sites (N-methyl/N-ethyl adjacent to an activating group) is 1. The highest BCUT2D eigenvalue weighted by Gasteiger charge is 2.30. The summed E-state index contributed by atoms with van der Waals surface area (Å²) in [5, 5.41) is 7.82. The molecule has 1 aromatic rings. The van der Waals surface area contributed by atoms with E-state index in [0.29, 0.717) is 6.04 Å². The summed E-state index contributed by atoms with van der Waals surface area (Å²) in [6, 6.07) is 0.564. The Hall–Kier alpha value is -0.900. The van der Waals surface area contributed by atoms with E-state index in [9.17, 15) is 0 Å². The Morgan fingerprint density at radius 3 is 2.83 bits per heavy atom. The van der Waals surface area contributed by atoms with Crippen LogP contribution in [0.2, 0.25) is 0 Å². The summed E-state index contributed by atoms with van der Waals surface area (Å²) in [6.07, 6.45) is 8.15. The van der Waals surface area contributed by atoms with Crippen LogP contribution < -0.4 is 5.32 Å². The fourth-order valence-corrected chi connectivity index (χ4v) is 3.22. The molecule has 1 fully saturated rings. The van der Waals surface area contributed by atoms with Crippen LogP contribution in [0.5, 0.6) is 0 Å². The minimum Gasteiger partial charge on any atom is -0.314 e. The van der Waals surface area contributed by atoms with Crippen LogP contribution >= 0.6 is 0 Å². The molecule has 1 aliphatic rings. The van der Waals surface area contributed by atoms with Crippen LogP contribution in [-0.2, 0) is 13.5 Å². The highest BCUT2D eigenvalue weighted by atomic mass is 15.3. The first-order chi connectivity index (χ1) is 8.74. The van der Waals surface area contributed by atoms with Gasteiger partial charge in [-0.15, -0.1) is 0 Å². The number of hydrogen-bond acceptors (Lipinski definition) is 3. The van der Waals surface area contributed by atoms with Crippen LogP contribution in [0, 0.1) is 11.8 Å². The lowest BCUT2D eigenvalue weighted by molar-refractivity contribution is 0.341. The molecule has 0 aliphatic heterocycles. The van der Waals surface area contributed by atoms with Crippen LogP contribution in [0.1, 0.15) is 45.4 Å². The third-order valence-electron chi connectivity index (χ3n) is 4.40. The van der Waals surface area contributed by atoms with Crippen LogP contribution in [0.3, 0.4) is 0 Å². The summed E-state index contributed by atoms with van der Waals surface area (Å²) in [4.78, 5) is 4.36. The van der Waals surface area contributed by atoms with E-state index in [1.807, 2.05) is 11.7 Å². The zero-order chi connectivity index (χ0) is 13.0. The van der Waals surface area contributed by atoms with E-state index in [1.165, 1.54) is 25.7 Å². The van der Waals surface area contributed by atoms with Crippen molar-refractivity contribution in [2.24, 2.45) is 18.9 Å². The zero-order valence-electron chi connectivity index (χ0n) is 11.9. The Labute approximate surface area is 110 Å². The Bertz CT molecular complexity index is 360. The number of rotatable bonds is 6. The van der Waals surface area contributed by atoms with Crippen molar-refractivity contribution in [2.75, 3.05) is 6.54 Å². The van der Waals surface area contributed by atoms with E-state index >= 15 is 0 Å². The van der Waals surface area contributed by atoms with Crippen LogP contribution in [0.15, 0.2) is 6.33 Å². The standard InChI is InChI=1S/C14H26N4/c1-4-11-6-7-12(8-11)13(15-5-2)9-14-16-10-17-18(14)3/h10-13,15H,4-9H2,1-3H3. The molecular formula is C14H26N4. The Kier molecular flexibility index (Phi) is 4.75. The molecule has 102 valence electrons. The van der Waals surface area contributed by atoms with E-state index in [0.717, 1.165) is 30.6 Å². The maximum absolute atomic E-state index is 4.36. The number of hydrogen-bond donors (Lipinski definition) is 1. The van der Waals surface area contributed by atoms with Crippen LogP contribution in [0.4, 0.5) is 0 Å². The fourth-order valence-electron chi connectivity index (χ4n) is 3.22. The quantitative estimate of drug-likeness (QED) is 0.841. The van der Waals surface area contributed by atoms with Crippen molar-refractivity contribution in [3.8, 4) is 0 Å². The van der Waals surface area contributed by atoms with Gasteiger partial charge in [0.25, 0.3) is 0 Å². The fraction of sp³-hybridized carbons (Fsp3) is 0.857. The van der Waals surface area contributed by atoms with Gasteiger partial charge in [0.2, 0.25) is 0 Å². The summed E-state index contributed by atoms with van der Waals surface area (Å²) >= 11 is 0. The van der Waals surface area contributed by atoms with Gasteiger partial charge in [-0.25, -0.2) is 4.98 Å². The van der Waals surface area contributed by atoms with Gasteiger partial charge in [0.15, 0.2) is 0 Å². The summed E-state index contributed by atoms with van der Waals surface area (Å²) in [5.41, 5.74) is 0. The molecular weight excluding hydrogens is 224 g/mol. The molecule has 0 aromatic carbocycles. The third-order valence-corrected chi connectivity index (χ3v) is 4.40. The first kappa shape index (κ1) is 13.5. The molecule has 1 saturated carbocycles. The SMILES string of the molecule is CCNC(Cc1ncnn1C)C1CCC(CC)C1. The molecule has 0 amide bonds. The molecule has 0 saturated heterocycles. The molecule has 1 aromatic heterocycles. The second-order valence-corrected chi connectivity index (χ2v) is 5.52. The Morgan fingerprint density at radius 2 is 2.28 bits per heavy atom. The van der Waals surface area contributed by atoms with Crippen molar-refractivity contribution in [3.05, 3.63) is 12.2 Å². The summed E-state index contributed by atoms with van der Waals surface area (Å²) in [6.45, 7) is 5.55. The van der Waals surface area contributed by atoms with Crippen molar-refractivity contribution in [2.45, 2.75) is 52.0 Å². The summed E-state index contributed by atoms with van der Waals surface area (Å²) < 4.78 is 1.90. The van der Waals surface area contributed by atoms with Gasteiger partial charge in [-0.05, 0) is 31.2 Å². The maximum atomic E-state index is 4.36. The molecule has 0 spiro atoms. The lowest BCUT2D eigenvalue weighted by Crippen LogP contribution is -2.37. The summed E-state index contributed by atoms with van der Waals surface area (Å²) in [7, 11) is 1.98. The Morgan fingerprint density at radius 1 is 1.44 bits per heavy atom. The third kappa shape index (κ3) is 3.10. The lowest BCUT2D eigenvalue weighted by Gasteiger charge is -2.24. The van der Waals surface area contributed by atoms with E-state index in [4.69, 9.17) is 0 Å². The summed E-state index contributed by atoms with van der Waals surface area (Å²) in [5.74, 6) is 2.85. The van der Waals surface area contributed by atoms with E-state index in [-0.39, 0.29) is 0 Å². The molecule has 1 heterocycles. The highest BCUT2D eigenvalue weighted by molar-refractivity contribution is 4.93. The molecule has 4 heteroatoms. The topological polar surface area (TPSA) is 42.7 Å². The van der Waals surface area contributed by atoms with Crippen molar-refractivity contribution in [1.82, 2.24) is 20.1 Å². The Balaban J connectivity index is 1.98. The number of nitrogens with zero attached hydrogens (tertiary/aromatic N) is 3. The molecule has 4 nitrogen and oxygen atoms in total. The van der Waals surface area contributed by atoms with E-state index in [2.05, 4.69) is 29.2 Å². The number of nitrogens with one attached hydrogen (secondary N) is 1. The zero-order valence-corrected chi connectivity index (χ0v) is 11.9. The van der Waals surface area contributed by atoms with Gasteiger partial charge in [0.1, 0.15) is 12.2 Å². The monoisotopic (exact) mass is 250 g/mol. The van der Waals surface area contributed by atoms with Gasteiger partial charge in [-0.3, -0.25) is 4.68 Å². The second kappa shape index (κ2) is 6.32. The normalized spacial score (nSPS) is 25.5. The molecule has 2 rings (SSSR count). The van der Waals surface area contributed by atoms with Gasteiger partial charge in [-0.1, -0.05) is 26.7 Å². The molecule has 18 heavy (non-hydrogen) atoms. The number of aromatic nitrogens is 3. The van der Waals surface area contributed by atoms with Gasteiger partial charge < -0.3 is 5.32 Å². The molecule has 3 unspecified atom stereocenters. The minimum atomic E-state index is 0.564. The molecule has 0 bridgehead atoms. The van der Waals surface area contributed by atoms with Gasteiger partial charge in [0, 0.05) is 19.5 Å². The predicted molar refractivity (Wildman–Crippen MR) is 73.3 cm³/mol. The van der Waals surface area contributed by atoms with Crippen molar-refractivity contribution >= 4 is 0 Å². The highest BCUT2D eigenvalue weighted by Crippen LogP contribution is 2.35. The molecule has 1 N–H and O–H groups in total. The largest absolute Gasteiger partial charge is 0.314 e. The van der Waals surface area contributed by atoms with E-state index < -0.39 is 0 Å². The second-order valence-electron chi connectivity index (χ2n) is 5.52. The van der Waals surface area contributed by atoms with Gasteiger partial charge >= 0.3 is 0 Å². The predicted octanol–water partition coefficient (Wildman–Crippen LogP) is 2.16. The van der Waals surface area contributed by atoms with Crippen LogP contribution in [-0.4, -0.2) is 27.4 Å². The number of aryl methyl sites for hydroxylation is 1. The maximum Gasteiger partial charge on any atom is 0.138 e. The molecule has 0 radical (unpaired) electrons. The average molecular weight is 250 g/mol. The smallest absolute Gasteiger partial charge is 0.138 e. The van der Waals surface area contributed by atoms with Crippen LogP contribution in [0.25, 0.3) is 0 Å². The average Bonchev–Trinajstić information content (AvgIpc) is 2.98. The minimum absolute atomic E-state index is 0.564. The van der Waals surface area contributed by atoms with Crippen molar-refractivity contribution < 1.29 is 0 Å². The van der Waals surface area contributed by atoms with Crippen molar-refractivity contribution in [1.29, 1.82) is 0 Å². The van der Waals surface area contributed by atoms with Crippen molar-refractivity contribution in [3.63, 3.8) is 0 Å². The first-order valence-electron chi connectivity index (χ1n) is 7.30. The lowest BCUT2D eigenvalue weighted by atomic mass is 9.93. The molecule has 3 atom stereocenters.